The van der Waals surface area contributed by atoms with Gasteiger partial charge in [0.15, 0.2) is 0 Å². The van der Waals surface area contributed by atoms with Gasteiger partial charge in [0.1, 0.15) is 5.82 Å². The number of halogens is 3. The van der Waals surface area contributed by atoms with Crippen molar-refractivity contribution in [3.05, 3.63) is 62.6 Å². The Hall–Kier alpha value is -2.10. The van der Waals surface area contributed by atoms with Crippen molar-refractivity contribution in [2.75, 3.05) is 17.6 Å². The average molecular weight is 487 g/mol. The smallest absolute Gasteiger partial charge is 0.238 e. The number of nitrogens with zero attached hydrogens (tertiary/aromatic N) is 2. The van der Waals surface area contributed by atoms with E-state index in [0.717, 1.165) is 11.1 Å². The number of sulfonamides is 1. The quantitative estimate of drug-likeness (QED) is 0.446. The highest BCUT2D eigenvalue weighted by Crippen LogP contribution is 2.38. The highest BCUT2D eigenvalue weighted by molar-refractivity contribution is 7.89. The van der Waals surface area contributed by atoms with E-state index >= 15 is 0 Å². The van der Waals surface area contributed by atoms with E-state index in [1.807, 2.05) is 6.92 Å². The topological polar surface area (TPSA) is 124 Å². The van der Waals surface area contributed by atoms with Crippen molar-refractivity contribution in [1.82, 2.24) is 9.97 Å². The first-order valence-corrected chi connectivity index (χ1v) is 11.4. The van der Waals surface area contributed by atoms with Crippen LogP contribution in [0.3, 0.4) is 0 Å². The van der Waals surface area contributed by atoms with Crippen LogP contribution in [0.2, 0.25) is 15.1 Å². The first-order valence-electron chi connectivity index (χ1n) is 8.71. The van der Waals surface area contributed by atoms with Gasteiger partial charge in [-0.2, -0.15) is 4.98 Å². The Kier molecular flexibility index (Phi) is 6.74. The molecule has 1 heterocycles. The van der Waals surface area contributed by atoms with Gasteiger partial charge in [-0.1, -0.05) is 46.9 Å². The maximum atomic E-state index is 11.3. The number of aromatic nitrogens is 2. The lowest BCUT2D eigenvalue weighted by molar-refractivity contribution is 0.598. The van der Waals surface area contributed by atoms with Crippen LogP contribution in [0.15, 0.2) is 41.3 Å². The van der Waals surface area contributed by atoms with Crippen LogP contribution in [0.4, 0.5) is 11.8 Å². The van der Waals surface area contributed by atoms with Crippen molar-refractivity contribution in [2.24, 2.45) is 5.14 Å². The zero-order chi connectivity index (χ0) is 22.1. The standard InChI is InChI=1S/C19H18Cl3N5O2S/c1-10-13(8-14(20)18(22)17(10)21)15-9-16(27-19(23)26-15)25-7-6-11-2-4-12(5-3-11)30(24,28)29/h2-5,8-9H,6-7H2,1H3,(H2,24,28,29)(H3,23,25,26,27). The Morgan fingerprint density at radius 1 is 1.03 bits per heavy atom. The van der Waals surface area contributed by atoms with Crippen molar-refractivity contribution >= 4 is 56.6 Å². The molecule has 0 spiro atoms. The Balaban J connectivity index is 1.77. The maximum Gasteiger partial charge on any atom is 0.238 e. The molecule has 5 N–H and O–H groups in total. The fourth-order valence-electron chi connectivity index (χ4n) is 2.83. The van der Waals surface area contributed by atoms with Crippen molar-refractivity contribution in [1.29, 1.82) is 0 Å². The molecule has 0 radical (unpaired) electrons. The molecule has 3 rings (SSSR count). The van der Waals surface area contributed by atoms with Crippen LogP contribution in [-0.2, 0) is 16.4 Å². The first-order chi connectivity index (χ1) is 14.1. The van der Waals surface area contributed by atoms with E-state index in [0.29, 0.717) is 40.1 Å². The lowest BCUT2D eigenvalue weighted by Gasteiger charge is -2.13. The van der Waals surface area contributed by atoms with E-state index in [-0.39, 0.29) is 15.9 Å². The largest absolute Gasteiger partial charge is 0.370 e. The van der Waals surface area contributed by atoms with Gasteiger partial charge in [-0.25, -0.2) is 18.5 Å². The van der Waals surface area contributed by atoms with E-state index in [9.17, 15) is 8.42 Å². The molecule has 0 atom stereocenters. The van der Waals surface area contributed by atoms with Gasteiger partial charge in [0.05, 0.1) is 25.7 Å². The second-order valence-corrected chi connectivity index (χ2v) is 9.25. The monoisotopic (exact) mass is 485 g/mol. The van der Waals surface area contributed by atoms with Gasteiger partial charge in [-0.3, -0.25) is 0 Å². The van der Waals surface area contributed by atoms with Crippen LogP contribution in [0, 0.1) is 6.92 Å². The maximum absolute atomic E-state index is 11.3. The molecule has 158 valence electrons. The number of nitrogens with one attached hydrogen (secondary N) is 1. The Morgan fingerprint density at radius 2 is 1.70 bits per heavy atom. The van der Waals surface area contributed by atoms with E-state index < -0.39 is 10.0 Å². The zero-order valence-corrected chi connectivity index (χ0v) is 18.9. The summed E-state index contributed by atoms with van der Waals surface area (Å²) in [5, 5.41) is 9.25. The van der Waals surface area contributed by atoms with Gasteiger partial charge >= 0.3 is 0 Å². The van der Waals surface area contributed by atoms with Crippen molar-refractivity contribution in [3.63, 3.8) is 0 Å². The van der Waals surface area contributed by atoms with Crippen molar-refractivity contribution in [2.45, 2.75) is 18.2 Å². The Bertz CT molecular complexity index is 1200. The van der Waals surface area contributed by atoms with Gasteiger partial charge in [0.25, 0.3) is 0 Å². The molecule has 0 saturated heterocycles. The lowest BCUT2D eigenvalue weighted by atomic mass is 10.1. The fraction of sp³-hybridized carbons (Fsp3) is 0.158. The van der Waals surface area contributed by atoms with Gasteiger partial charge in [-0.15, -0.1) is 0 Å². The van der Waals surface area contributed by atoms with Gasteiger partial charge < -0.3 is 11.1 Å². The normalized spacial score (nSPS) is 11.5. The number of rotatable bonds is 6. The summed E-state index contributed by atoms with van der Waals surface area (Å²) in [5.74, 6) is 0.620. The summed E-state index contributed by atoms with van der Waals surface area (Å²) in [7, 11) is -3.70. The first kappa shape index (κ1) is 22.6. The lowest BCUT2D eigenvalue weighted by Crippen LogP contribution is -2.12. The van der Waals surface area contributed by atoms with E-state index in [4.69, 9.17) is 45.7 Å². The predicted octanol–water partition coefficient (Wildman–Crippen LogP) is 4.30. The number of hydrogen-bond acceptors (Lipinski definition) is 6. The van der Waals surface area contributed by atoms with Crippen LogP contribution in [0.1, 0.15) is 11.1 Å². The van der Waals surface area contributed by atoms with Gasteiger partial charge in [-0.05, 0) is 42.7 Å². The minimum absolute atomic E-state index is 0.0723. The van der Waals surface area contributed by atoms with Crippen LogP contribution in [0.5, 0.6) is 0 Å². The van der Waals surface area contributed by atoms with Gasteiger partial charge in [0.2, 0.25) is 16.0 Å². The number of benzene rings is 2. The molecule has 7 nitrogen and oxygen atoms in total. The number of nitrogens with two attached hydrogens (primary N) is 2. The molecule has 2 aromatic carbocycles. The number of hydrogen-bond donors (Lipinski definition) is 3. The number of anilines is 2. The SMILES string of the molecule is Cc1c(-c2cc(NCCc3ccc(S(N)(=O)=O)cc3)nc(N)n2)cc(Cl)c(Cl)c1Cl. The van der Waals surface area contributed by atoms with Gasteiger partial charge in [0, 0.05) is 18.2 Å². The molecule has 0 bridgehead atoms. The molecular formula is C19H18Cl3N5O2S. The Morgan fingerprint density at radius 3 is 2.33 bits per heavy atom. The highest BCUT2D eigenvalue weighted by Gasteiger charge is 2.15. The third kappa shape index (κ3) is 5.14. The summed E-state index contributed by atoms with van der Waals surface area (Å²) in [6, 6.07) is 9.79. The molecule has 0 aliphatic heterocycles. The molecule has 3 aromatic rings. The minimum Gasteiger partial charge on any atom is -0.370 e. The second-order valence-electron chi connectivity index (χ2n) is 6.52. The van der Waals surface area contributed by atoms with Crippen LogP contribution < -0.4 is 16.2 Å². The summed E-state index contributed by atoms with van der Waals surface area (Å²) < 4.78 is 22.6. The molecule has 0 saturated carbocycles. The highest BCUT2D eigenvalue weighted by atomic mass is 35.5. The Labute approximate surface area is 189 Å². The third-order valence-electron chi connectivity index (χ3n) is 4.40. The second kappa shape index (κ2) is 8.95. The van der Waals surface area contributed by atoms with Crippen LogP contribution in [0.25, 0.3) is 11.3 Å². The van der Waals surface area contributed by atoms with E-state index in [1.165, 1.54) is 12.1 Å². The fourth-order valence-corrected chi connectivity index (χ4v) is 3.99. The minimum atomic E-state index is -3.70. The van der Waals surface area contributed by atoms with Crippen LogP contribution in [-0.4, -0.2) is 24.9 Å². The predicted molar refractivity (Wildman–Crippen MR) is 122 cm³/mol. The molecule has 0 fully saturated rings. The number of nitrogen functional groups attached to an aromatic ring is 1. The molecule has 30 heavy (non-hydrogen) atoms. The summed E-state index contributed by atoms with van der Waals surface area (Å²) >= 11 is 18.5. The summed E-state index contributed by atoms with van der Waals surface area (Å²) in [4.78, 5) is 8.54. The third-order valence-corrected chi connectivity index (χ3v) is 6.68. The summed E-state index contributed by atoms with van der Waals surface area (Å²) in [6.07, 6.45) is 0.627. The van der Waals surface area contributed by atoms with Crippen molar-refractivity contribution < 1.29 is 8.42 Å². The molecule has 0 amide bonds. The zero-order valence-electron chi connectivity index (χ0n) is 15.8. The van der Waals surface area contributed by atoms with E-state index in [2.05, 4.69) is 15.3 Å². The summed E-state index contributed by atoms with van der Waals surface area (Å²) in [5.41, 5.74) is 8.79. The molecule has 0 aliphatic rings. The van der Waals surface area contributed by atoms with Crippen LogP contribution >= 0.6 is 34.8 Å². The van der Waals surface area contributed by atoms with E-state index in [1.54, 1.807) is 24.3 Å². The van der Waals surface area contributed by atoms with Crippen molar-refractivity contribution in [3.8, 4) is 11.3 Å². The number of primary sulfonamides is 1. The average Bonchev–Trinajstić information content (AvgIpc) is 2.68. The molecule has 1 aromatic heterocycles. The molecule has 11 heteroatoms. The molecular weight excluding hydrogens is 469 g/mol. The molecule has 0 aliphatic carbocycles. The summed E-state index contributed by atoms with van der Waals surface area (Å²) in [6.45, 7) is 2.35. The molecule has 0 unspecified atom stereocenters.